The highest BCUT2D eigenvalue weighted by molar-refractivity contribution is 7.13. The summed E-state index contributed by atoms with van der Waals surface area (Å²) in [6, 6.07) is 7.93. The van der Waals surface area contributed by atoms with Gasteiger partial charge in [-0.15, -0.1) is 11.3 Å². The van der Waals surface area contributed by atoms with Gasteiger partial charge in [0.1, 0.15) is 6.04 Å². The number of benzene rings is 1. The minimum atomic E-state index is -0.537. The van der Waals surface area contributed by atoms with Gasteiger partial charge in [0.05, 0.1) is 21.6 Å². The zero-order valence-electron chi connectivity index (χ0n) is 21.2. The molecular formula is C27H39N3O2S. The van der Waals surface area contributed by atoms with Gasteiger partial charge in [0.2, 0.25) is 11.8 Å². The van der Waals surface area contributed by atoms with Gasteiger partial charge in [0.25, 0.3) is 0 Å². The molecule has 2 heterocycles. The Morgan fingerprint density at radius 1 is 1.15 bits per heavy atom. The predicted molar refractivity (Wildman–Crippen MR) is 136 cm³/mol. The van der Waals surface area contributed by atoms with Crippen LogP contribution in [0.5, 0.6) is 0 Å². The molecule has 0 bridgehead atoms. The van der Waals surface area contributed by atoms with E-state index in [2.05, 4.69) is 62.3 Å². The second-order valence-corrected chi connectivity index (χ2v) is 12.1. The normalized spacial score (nSPS) is 19.1. The van der Waals surface area contributed by atoms with Crippen LogP contribution in [0.3, 0.4) is 0 Å². The summed E-state index contributed by atoms with van der Waals surface area (Å²) in [5.41, 5.74) is 4.75. The van der Waals surface area contributed by atoms with Crippen LogP contribution in [0.15, 0.2) is 29.8 Å². The molecule has 33 heavy (non-hydrogen) atoms. The Balaban J connectivity index is 1.66. The van der Waals surface area contributed by atoms with Crippen LogP contribution in [0.4, 0.5) is 0 Å². The molecule has 3 rings (SSSR count). The van der Waals surface area contributed by atoms with Crippen molar-refractivity contribution in [2.45, 2.75) is 85.7 Å². The Labute approximate surface area is 203 Å². The third kappa shape index (κ3) is 6.44. The first-order valence-electron chi connectivity index (χ1n) is 12.0. The van der Waals surface area contributed by atoms with E-state index in [1.165, 1.54) is 4.88 Å². The van der Waals surface area contributed by atoms with Gasteiger partial charge < -0.3 is 10.2 Å². The molecule has 0 aliphatic carbocycles. The summed E-state index contributed by atoms with van der Waals surface area (Å²) in [5, 5.41) is 3.22. The maximum atomic E-state index is 13.3. The zero-order valence-corrected chi connectivity index (χ0v) is 22.0. The van der Waals surface area contributed by atoms with E-state index >= 15 is 0 Å². The highest BCUT2D eigenvalue weighted by atomic mass is 32.1. The average Bonchev–Trinajstić information content (AvgIpc) is 3.32. The fraction of sp³-hybridized carbons (Fsp3) is 0.593. The molecule has 0 saturated carbocycles. The van der Waals surface area contributed by atoms with E-state index in [1.807, 2.05) is 31.2 Å². The quantitative estimate of drug-likeness (QED) is 0.547. The number of hydrogen-bond donors (Lipinski definition) is 1. The SMILES string of the molecule is Cc1ncsc1-c1ccc(C(C)(C)NC(=O)[C@@H]2C[C@@H](C)CN2C(=O)CCCC(C)(C)C)cc1. The molecule has 2 amide bonds. The number of nitrogens with one attached hydrogen (secondary N) is 1. The zero-order chi connectivity index (χ0) is 24.4. The Bertz CT molecular complexity index is 972. The number of aryl methyl sites for hydroxylation is 1. The van der Waals surface area contributed by atoms with E-state index < -0.39 is 5.54 Å². The summed E-state index contributed by atoms with van der Waals surface area (Å²) >= 11 is 1.63. The van der Waals surface area contributed by atoms with Gasteiger partial charge in [-0.1, -0.05) is 52.0 Å². The van der Waals surface area contributed by atoms with Crippen molar-refractivity contribution in [1.82, 2.24) is 15.2 Å². The molecule has 1 saturated heterocycles. The number of amides is 2. The average molecular weight is 470 g/mol. The number of nitrogens with zero attached hydrogens (tertiary/aromatic N) is 2. The van der Waals surface area contributed by atoms with Crippen LogP contribution < -0.4 is 5.32 Å². The van der Waals surface area contributed by atoms with Crippen LogP contribution in [0, 0.1) is 18.3 Å². The first-order valence-corrected chi connectivity index (χ1v) is 12.9. The molecular weight excluding hydrogens is 430 g/mol. The van der Waals surface area contributed by atoms with Crippen LogP contribution in [0.2, 0.25) is 0 Å². The van der Waals surface area contributed by atoms with Crippen LogP contribution >= 0.6 is 11.3 Å². The lowest BCUT2D eigenvalue weighted by Gasteiger charge is -2.31. The van der Waals surface area contributed by atoms with Crippen molar-refractivity contribution < 1.29 is 9.59 Å². The first-order chi connectivity index (χ1) is 15.4. The molecule has 5 nitrogen and oxygen atoms in total. The van der Waals surface area contributed by atoms with Gasteiger partial charge in [-0.2, -0.15) is 0 Å². The Hall–Kier alpha value is -2.21. The minimum absolute atomic E-state index is 0.0594. The summed E-state index contributed by atoms with van der Waals surface area (Å²) in [6.45, 7) is 15.4. The fourth-order valence-corrected chi connectivity index (χ4v) is 5.38. The number of carbonyl (C=O) groups is 2. The lowest BCUT2D eigenvalue weighted by Crippen LogP contribution is -2.51. The van der Waals surface area contributed by atoms with Crippen molar-refractivity contribution in [3.05, 3.63) is 41.0 Å². The third-order valence-electron chi connectivity index (χ3n) is 6.50. The molecule has 1 fully saturated rings. The number of rotatable bonds is 7. The van der Waals surface area contributed by atoms with E-state index in [4.69, 9.17) is 0 Å². The monoisotopic (exact) mass is 469 g/mol. The van der Waals surface area contributed by atoms with E-state index in [0.717, 1.165) is 36.1 Å². The summed E-state index contributed by atoms with van der Waals surface area (Å²) in [5.74, 6) is 0.374. The maximum absolute atomic E-state index is 13.3. The number of carbonyl (C=O) groups excluding carboxylic acids is 2. The number of aromatic nitrogens is 1. The van der Waals surface area contributed by atoms with Crippen molar-refractivity contribution in [3.63, 3.8) is 0 Å². The second kappa shape index (κ2) is 9.96. The van der Waals surface area contributed by atoms with Crippen LogP contribution in [0.25, 0.3) is 10.4 Å². The molecule has 180 valence electrons. The molecule has 0 unspecified atom stereocenters. The summed E-state index contributed by atoms with van der Waals surface area (Å²) < 4.78 is 0. The van der Waals surface area contributed by atoms with Crippen molar-refractivity contribution in [2.24, 2.45) is 11.3 Å². The summed E-state index contributed by atoms with van der Waals surface area (Å²) in [7, 11) is 0. The Morgan fingerprint density at radius 3 is 2.39 bits per heavy atom. The van der Waals surface area contributed by atoms with Gasteiger partial charge in [0, 0.05) is 13.0 Å². The van der Waals surface area contributed by atoms with E-state index in [0.29, 0.717) is 18.9 Å². The minimum Gasteiger partial charge on any atom is -0.345 e. The highest BCUT2D eigenvalue weighted by Crippen LogP contribution is 2.31. The largest absolute Gasteiger partial charge is 0.345 e. The Morgan fingerprint density at radius 2 is 1.82 bits per heavy atom. The van der Waals surface area contributed by atoms with Gasteiger partial charge in [-0.3, -0.25) is 9.59 Å². The molecule has 2 aromatic rings. The summed E-state index contributed by atoms with van der Waals surface area (Å²) in [4.78, 5) is 33.6. The van der Waals surface area contributed by atoms with Crippen molar-refractivity contribution in [1.29, 1.82) is 0 Å². The lowest BCUT2D eigenvalue weighted by molar-refractivity contribution is -0.139. The predicted octanol–water partition coefficient (Wildman–Crippen LogP) is 5.92. The fourth-order valence-electron chi connectivity index (χ4n) is 4.56. The molecule has 1 aliphatic rings. The number of thiazole rings is 1. The van der Waals surface area contributed by atoms with Gasteiger partial charge in [-0.25, -0.2) is 4.98 Å². The van der Waals surface area contributed by atoms with Crippen molar-refractivity contribution >= 4 is 23.2 Å². The molecule has 1 aliphatic heterocycles. The van der Waals surface area contributed by atoms with Crippen LogP contribution in [0.1, 0.15) is 78.5 Å². The second-order valence-electron chi connectivity index (χ2n) is 11.3. The van der Waals surface area contributed by atoms with Crippen molar-refractivity contribution in [2.75, 3.05) is 6.54 Å². The van der Waals surface area contributed by atoms with E-state index in [-0.39, 0.29) is 23.3 Å². The van der Waals surface area contributed by atoms with E-state index in [1.54, 1.807) is 11.3 Å². The molecule has 6 heteroatoms. The van der Waals surface area contributed by atoms with Gasteiger partial charge in [0.15, 0.2) is 0 Å². The number of likely N-dealkylation sites (tertiary alicyclic amines) is 1. The topological polar surface area (TPSA) is 62.3 Å². The lowest BCUT2D eigenvalue weighted by atomic mass is 9.90. The molecule has 1 N–H and O–H groups in total. The third-order valence-corrected chi connectivity index (χ3v) is 7.48. The van der Waals surface area contributed by atoms with Crippen molar-refractivity contribution in [3.8, 4) is 10.4 Å². The number of hydrogen-bond acceptors (Lipinski definition) is 4. The highest BCUT2D eigenvalue weighted by Gasteiger charge is 2.39. The molecule has 0 spiro atoms. The maximum Gasteiger partial charge on any atom is 0.243 e. The molecule has 1 aromatic carbocycles. The molecule has 0 radical (unpaired) electrons. The van der Waals surface area contributed by atoms with Gasteiger partial charge >= 0.3 is 0 Å². The molecule has 1 aromatic heterocycles. The first kappa shape index (κ1) is 25.4. The smallest absolute Gasteiger partial charge is 0.243 e. The van der Waals surface area contributed by atoms with E-state index in [9.17, 15) is 9.59 Å². The van der Waals surface area contributed by atoms with Crippen LogP contribution in [-0.4, -0.2) is 34.3 Å². The molecule has 2 atom stereocenters. The Kier molecular flexibility index (Phi) is 7.67. The van der Waals surface area contributed by atoms with Crippen LogP contribution in [-0.2, 0) is 15.1 Å². The van der Waals surface area contributed by atoms with Gasteiger partial charge in [-0.05, 0) is 62.5 Å². The standard InChI is InChI=1S/C27H39N3O2S/c1-18-15-22(30(16-18)23(31)9-8-14-26(3,4)5)25(32)29-27(6,7)21-12-10-20(11-13-21)24-19(2)28-17-33-24/h10-13,17-18,22H,8-9,14-16H2,1-7H3,(H,29,32)/t18-,22+/m1/s1. The summed E-state index contributed by atoms with van der Waals surface area (Å²) in [6.07, 6.45) is 3.09.